The van der Waals surface area contributed by atoms with Crippen LogP contribution in [0.1, 0.15) is 87.0 Å². The molecule has 9 nitrogen and oxygen atoms in total. The number of carbonyl (C=O) groups is 2. The van der Waals surface area contributed by atoms with E-state index in [0.717, 1.165) is 35.4 Å². The van der Waals surface area contributed by atoms with Crippen LogP contribution in [0.2, 0.25) is 0 Å². The van der Waals surface area contributed by atoms with Crippen molar-refractivity contribution < 1.29 is 23.6 Å². The second kappa shape index (κ2) is 10.6. The topological polar surface area (TPSA) is 106 Å². The quantitative estimate of drug-likeness (QED) is 0.522. The molecule has 2 aliphatic rings. The van der Waals surface area contributed by atoms with Crippen LogP contribution in [0.15, 0.2) is 30.5 Å². The lowest BCUT2D eigenvalue weighted by atomic mass is 9.79. The van der Waals surface area contributed by atoms with Crippen molar-refractivity contribution in [2.24, 2.45) is 5.92 Å². The van der Waals surface area contributed by atoms with Crippen LogP contribution in [0.5, 0.6) is 0 Å². The molecule has 2 amide bonds. The second-order valence-corrected chi connectivity index (χ2v) is 12.9. The molecule has 10 heteroatoms. The number of imidazole rings is 1. The normalized spacial score (nSPS) is 21.3. The van der Waals surface area contributed by atoms with Crippen molar-refractivity contribution in [1.82, 2.24) is 20.2 Å². The number of hydrogen-bond acceptors (Lipinski definition) is 6. The zero-order valence-corrected chi connectivity index (χ0v) is 24.8. The molecule has 0 bridgehead atoms. The van der Waals surface area contributed by atoms with Gasteiger partial charge in [0.2, 0.25) is 5.91 Å². The molecule has 2 aliphatic heterocycles. The molecule has 2 unspecified atom stereocenters. The van der Waals surface area contributed by atoms with E-state index in [0.29, 0.717) is 6.54 Å². The summed E-state index contributed by atoms with van der Waals surface area (Å²) in [6.45, 7) is 18.0. The molecule has 1 aromatic carbocycles. The van der Waals surface area contributed by atoms with E-state index in [9.17, 15) is 9.59 Å². The number of benzene rings is 1. The summed E-state index contributed by atoms with van der Waals surface area (Å²) < 4.78 is 17.7. The smallest absolute Gasteiger partial charge is 0.444 e. The Labute approximate surface area is 232 Å². The van der Waals surface area contributed by atoms with Gasteiger partial charge in [-0.25, -0.2) is 9.78 Å². The van der Waals surface area contributed by atoms with Crippen LogP contribution < -0.4 is 10.8 Å². The lowest BCUT2D eigenvalue weighted by molar-refractivity contribution is -0.135. The van der Waals surface area contributed by atoms with Crippen molar-refractivity contribution in [3.63, 3.8) is 0 Å². The molecule has 0 spiro atoms. The highest BCUT2D eigenvalue weighted by Gasteiger charge is 2.51. The summed E-state index contributed by atoms with van der Waals surface area (Å²) >= 11 is 0. The molecule has 3 heterocycles. The first-order valence-corrected chi connectivity index (χ1v) is 13.9. The van der Waals surface area contributed by atoms with Crippen LogP contribution in [-0.4, -0.2) is 63.4 Å². The maximum absolute atomic E-state index is 13.6. The summed E-state index contributed by atoms with van der Waals surface area (Å²) in [4.78, 5) is 36.0. The Balaban J connectivity index is 1.46. The van der Waals surface area contributed by atoms with E-state index in [2.05, 4.69) is 10.3 Å². The zero-order valence-electron chi connectivity index (χ0n) is 24.8. The molecule has 39 heavy (non-hydrogen) atoms. The fraction of sp³-hybridized carbons (Fsp3) is 0.621. The number of nitrogens with one attached hydrogen (secondary N) is 2. The molecule has 2 fully saturated rings. The van der Waals surface area contributed by atoms with Crippen molar-refractivity contribution in [3.05, 3.63) is 36.3 Å². The van der Waals surface area contributed by atoms with E-state index in [-0.39, 0.29) is 17.9 Å². The minimum atomic E-state index is -0.683. The molecule has 2 atom stereocenters. The summed E-state index contributed by atoms with van der Waals surface area (Å²) in [6, 6.07) is 7.17. The Hall–Kier alpha value is -2.85. The van der Waals surface area contributed by atoms with E-state index in [1.54, 1.807) is 20.8 Å². The maximum atomic E-state index is 13.6. The summed E-state index contributed by atoms with van der Waals surface area (Å²) in [5.41, 5.74) is 1.29. The van der Waals surface area contributed by atoms with E-state index in [1.165, 1.54) is 0 Å². The molecule has 0 aliphatic carbocycles. The van der Waals surface area contributed by atoms with Gasteiger partial charge in [0.05, 0.1) is 22.9 Å². The average Bonchev–Trinajstić information content (AvgIpc) is 3.53. The Kier molecular flexibility index (Phi) is 7.93. The number of likely N-dealkylation sites (tertiary alicyclic amines) is 1. The maximum Gasteiger partial charge on any atom is 0.494 e. The third-order valence-corrected chi connectivity index (χ3v) is 7.79. The van der Waals surface area contributed by atoms with Gasteiger partial charge in [-0.05, 0) is 72.7 Å². The second-order valence-electron chi connectivity index (χ2n) is 12.9. The Morgan fingerprint density at radius 3 is 2.31 bits per heavy atom. The number of alkyl carbamates (subject to hydrolysis) is 1. The predicted octanol–water partition coefficient (Wildman–Crippen LogP) is 4.59. The summed E-state index contributed by atoms with van der Waals surface area (Å²) in [7, 11) is -0.417. The lowest BCUT2D eigenvalue weighted by Gasteiger charge is -2.32. The monoisotopic (exact) mass is 538 g/mol. The van der Waals surface area contributed by atoms with Crippen molar-refractivity contribution in [2.45, 2.75) is 104 Å². The summed E-state index contributed by atoms with van der Waals surface area (Å²) in [5, 5.41) is 2.79. The summed E-state index contributed by atoms with van der Waals surface area (Å²) in [5.74, 6) is 0.523. The van der Waals surface area contributed by atoms with Gasteiger partial charge in [0.1, 0.15) is 17.5 Å². The Morgan fingerprint density at radius 2 is 1.74 bits per heavy atom. The number of hydrogen-bond donors (Lipinski definition) is 2. The third-order valence-electron chi connectivity index (χ3n) is 7.79. The van der Waals surface area contributed by atoms with E-state index >= 15 is 0 Å². The average molecular weight is 538 g/mol. The minimum Gasteiger partial charge on any atom is -0.444 e. The number of H-pyrrole nitrogens is 1. The SMILES string of the molecule is CC(C)C(NC(=O)OC(C)(C)C)C(=O)N1CCCC1c1nc(-c2ccc(B3OC(C)(C)C(C)(C)O3)cc2)c[nH]1. The first kappa shape index (κ1) is 29.1. The number of aromatic amines is 1. The summed E-state index contributed by atoms with van der Waals surface area (Å²) in [6.07, 6.45) is 2.96. The van der Waals surface area contributed by atoms with Gasteiger partial charge in [0.15, 0.2) is 0 Å². The Morgan fingerprint density at radius 1 is 1.13 bits per heavy atom. The minimum absolute atomic E-state index is 0.0964. The van der Waals surface area contributed by atoms with Crippen LogP contribution >= 0.6 is 0 Å². The number of carbonyl (C=O) groups excluding carboxylic acids is 2. The van der Waals surface area contributed by atoms with E-state index in [4.69, 9.17) is 19.0 Å². The van der Waals surface area contributed by atoms with Crippen molar-refractivity contribution in [2.75, 3.05) is 6.54 Å². The number of rotatable bonds is 6. The number of ether oxygens (including phenoxy) is 1. The number of nitrogens with zero attached hydrogens (tertiary/aromatic N) is 2. The molecular weight excluding hydrogens is 495 g/mol. The number of aromatic nitrogens is 2. The highest BCUT2D eigenvalue weighted by atomic mass is 16.7. The van der Waals surface area contributed by atoms with Crippen LogP contribution in [0.4, 0.5) is 4.79 Å². The third kappa shape index (κ3) is 6.33. The lowest BCUT2D eigenvalue weighted by Crippen LogP contribution is -2.52. The molecule has 2 N–H and O–H groups in total. The molecule has 0 radical (unpaired) electrons. The van der Waals surface area contributed by atoms with E-state index < -0.39 is 36.1 Å². The van der Waals surface area contributed by atoms with Crippen molar-refractivity contribution in [3.8, 4) is 11.3 Å². The zero-order chi connectivity index (χ0) is 28.8. The molecule has 1 aromatic heterocycles. The van der Waals surface area contributed by atoms with Crippen molar-refractivity contribution >= 4 is 24.6 Å². The van der Waals surface area contributed by atoms with Crippen LogP contribution in [0.3, 0.4) is 0 Å². The standard InChI is InChI=1S/C29H43BN4O5/c1-18(2)23(33-26(36)37-27(3,4)5)25(35)34-16-10-11-22(34)24-31-17-21(32-24)19-12-14-20(15-13-19)30-38-28(6,7)29(8,9)39-30/h12-15,17-18,22-23H,10-11,16H2,1-9H3,(H,31,32)(H,33,36). The van der Waals surface area contributed by atoms with Crippen LogP contribution in [0, 0.1) is 5.92 Å². The fourth-order valence-corrected chi connectivity index (χ4v) is 4.89. The molecule has 4 rings (SSSR count). The van der Waals surface area contributed by atoms with Gasteiger partial charge >= 0.3 is 13.2 Å². The van der Waals surface area contributed by atoms with Gasteiger partial charge in [-0.15, -0.1) is 0 Å². The largest absolute Gasteiger partial charge is 0.494 e. The highest BCUT2D eigenvalue weighted by Crippen LogP contribution is 2.37. The van der Waals surface area contributed by atoms with Gasteiger partial charge in [-0.3, -0.25) is 4.79 Å². The van der Waals surface area contributed by atoms with E-state index in [1.807, 2.05) is 76.9 Å². The molecular formula is C29H43BN4O5. The van der Waals surface area contributed by atoms with Crippen LogP contribution in [-0.2, 0) is 18.8 Å². The van der Waals surface area contributed by atoms with Crippen molar-refractivity contribution in [1.29, 1.82) is 0 Å². The molecule has 0 saturated carbocycles. The molecule has 212 valence electrons. The van der Waals surface area contributed by atoms with Gasteiger partial charge in [0, 0.05) is 18.3 Å². The molecule has 2 aromatic rings. The molecule has 2 saturated heterocycles. The fourth-order valence-electron chi connectivity index (χ4n) is 4.89. The Bertz CT molecular complexity index is 1170. The van der Waals surface area contributed by atoms with Gasteiger partial charge in [-0.1, -0.05) is 38.1 Å². The first-order valence-electron chi connectivity index (χ1n) is 13.9. The van der Waals surface area contributed by atoms with Gasteiger partial charge < -0.3 is 29.2 Å². The predicted molar refractivity (Wildman–Crippen MR) is 151 cm³/mol. The highest BCUT2D eigenvalue weighted by molar-refractivity contribution is 6.62. The van der Waals surface area contributed by atoms with Gasteiger partial charge in [-0.2, -0.15) is 0 Å². The van der Waals surface area contributed by atoms with Crippen LogP contribution in [0.25, 0.3) is 11.3 Å². The first-order chi connectivity index (χ1) is 18.1. The van der Waals surface area contributed by atoms with Gasteiger partial charge in [0.25, 0.3) is 0 Å². The number of amides is 2.